The highest BCUT2D eigenvalue weighted by atomic mass is 32.1. The van der Waals surface area contributed by atoms with Crippen LogP contribution in [0.2, 0.25) is 0 Å². The van der Waals surface area contributed by atoms with Gasteiger partial charge in [-0.2, -0.15) is 5.26 Å². The van der Waals surface area contributed by atoms with E-state index in [2.05, 4.69) is 5.32 Å². The largest absolute Gasteiger partial charge is 0.452 e. The summed E-state index contributed by atoms with van der Waals surface area (Å²) in [6.45, 7) is 3.46. The number of aromatic nitrogens is 1. The minimum absolute atomic E-state index is 0.000975. The third-order valence-corrected chi connectivity index (χ3v) is 4.33. The van der Waals surface area contributed by atoms with Crippen molar-refractivity contribution in [2.24, 2.45) is 0 Å². The van der Waals surface area contributed by atoms with Gasteiger partial charge in [-0.15, -0.1) is 0 Å². The van der Waals surface area contributed by atoms with Crippen LogP contribution in [-0.2, 0) is 20.9 Å². The van der Waals surface area contributed by atoms with Gasteiger partial charge in [0.15, 0.2) is 6.10 Å². The van der Waals surface area contributed by atoms with Crippen LogP contribution in [0.4, 0.5) is 5.69 Å². The monoisotopic (exact) mass is 359 g/mol. The maximum atomic E-state index is 12.1. The molecule has 0 saturated carbocycles. The molecule has 1 aromatic heterocycles. The van der Waals surface area contributed by atoms with Crippen molar-refractivity contribution in [3.63, 3.8) is 0 Å². The van der Waals surface area contributed by atoms with Crippen molar-refractivity contribution >= 4 is 28.9 Å². The normalized spacial score (nSPS) is 11.4. The zero-order chi connectivity index (χ0) is 18.4. The average molecular weight is 359 g/mol. The van der Waals surface area contributed by atoms with Gasteiger partial charge in [-0.3, -0.25) is 14.4 Å². The SMILES string of the molecule is Cc1csc(=O)n1CCC(=O)O[C@H](C)C(=O)Nc1cccc(C#N)c1. The number of rotatable bonds is 6. The Morgan fingerprint density at radius 3 is 2.84 bits per heavy atom. The number of carbonyl (C=O) groups is 2. The van der Waals surface area contributed by atoms with E-state index in [0.717, 1.165) is 17.0 Å². The molecule has 0 saturated heterocycles. The molecule has 2 rings (SSSR count). The van der Waals surface area contributed by atoms with Gasteiger partial charge in [0.05, 0.1) is 18.1 Å². The Bertz CT molecular complexity index is 879. The number of anilines is 1. The van der Waals surface area contributed by atoms with Crippen molar-refractivity contribution in [2.45, 2.75) is 32.9 Å². The van der Waals surface area contributed by atoms with E-state index in [4.69, 9.17) is 10.00 Å². The van der Waals surface area contributed by atoms with Gasteiger partial charge in [0.2, 0.25) is 0 Å². The molecule has 1 aromatic carbocycles. The van der Waals surface area contributed by atoms with E-state index < -0.39 is 18.0 Å². The van der Waals surface area contributed by atoms with E-state index in [-0.39, 0.29) is 17.8 Å². The Labute approximate surface area is 148 Å². The summed E-state index contributed by atoms with van der Waals surface area (Å²) in [6.07, 6.45) is -0.988. The molecule has 0 spiro atoms. The molecule has 1 N–H and O–H groups in total. The standard InChI is InChI=1S/C17H17N3O4S/c1-11-10-25-17(23)20(11)7-6-15(21)24-12(2)16(22)19-14-5-3-4-13(8-14)9-18/h3-5,8,10,12H,6-7H2,1-2H3,(H,19,22)/t12-/m1/s1. The lowest BCUT2D eigenvalue weighted by atomic mass is 10.2. The van der Waals surface area contributed by atoms with Crippen molar-refractivity contribution in [3.8, 4) is 6.07 Å². The van der Waals surface area contributed by atoms with Crippen LogP contribution in [0.3, 0.4) is 0 Å². The molecular weight excluding hydrogens is 342 g/mol. The zero-order valence-electron chi connectivity index (χ0n) is 13.8. The lowest BCUT2D eigenvalue weighted by Gasteiger charge is -2.14. The van der Waals surface area contributed by atoms with Crippen molar-refractivity contribution < 1.29 is 14.3 Å². The number of benzene rings is 1. The number of carbonyl (C=O) groups excluding carboxylic acids is 2. The molecule has 130 valence electrons. The van der Waals surface area contributed by atoms with Crippen LogP contribution in [0.5, 0.6) is 0 Å². The van der Waals surface area contributed by atoms with E-state index in [1.807, 2.05) is 6.07 Å². The number of ether oxygens (including phenoxy) is 1. The van der Waals surface area contributed by atoms with Crippen LogP contribution in [0.15, 0.2) is 34.4 Å². The van der Waals surface area contributed by atoms with Crippen LogP contribution in [0.1, 0.15) is 24.6 Å². The van der Waals surface area contributed by atoms with Gasteiger partial charge in [0.25, 0.3) is 5.91 Å². The second kappa shape index (κ2) is 8.26. The van der Waals surface area contributed by atoms with E-state index in [1.54, 1.807) is 30.5 Å². The fourth-order valence-electron chi connectivity index (χ4n) is 2.10. The number of nitrogens with zero attached hydrogens (tertiary/aromatic N) is 2. The fraction of sp³-hybridized carbons (Fsp3) is 0.294. The summed E-state index contributed by atoms with van der Waals surface area (Å²) in [5.74, 6) is -1.06. The number of hydrogen-bond acceptors (Lipinski definition) is 6. The third kappa shape index (κ3) is 5.02. The highest BCUT2D eigenvalue weighted by Gasteiger charge is 2.18. The predicted molar refractivity (Wildman–Crippen MR) is 93.3 cm³/mol. The number of thiazole rings is 1. The van der Waals surface area contributed by atoms with Crippen LogP contribution in [0, 0.1) is 18.3 Å². The molecule has 2 aromatic rings. The smallest absolute Gasteiger partial charge is 0.308 e. The van der Waals surface area contributed by atoms with Gasteiger partial charge >= 0.3 is 10.8 Å². The number of amides is 1. The number of esters is 1. The summed E-state index contributed by atoms with van der Waals surface area (Å²) in [4.78, 5) is 35.4. The Kier molecular flexibility index (Phi) is 6.08. The van der Waals surface area contributed by atoms with Gasteiger partial charge in [0.1, 0.15) is 0 Å². The summed E-state index contributed by atoms with van der Waals surface area (Å²) in [6, 6.07) is 8.40. The molecular formula is C17H17N3O4S. The quantitative estimate of drug-likeness (QED) is 0.796. The minimum Gasteiger partial charge on any atom is -0.452 e. The maximum absolute atomic E-state index is 12.1. The molecule has 8 heteroatoms. The van der Waals surface area contributed by atoms with Crippen molar-refractivity contribution in [2.75, 3.05) is 5.32 Å². The molecule has 0 bridgehead atoms. The predicted octanol–water partition coefficient (Wildman–Crippen LogP) is 2.05. The highest BCUT2D eigenvalue weighted by Crippen LogP contribution is 2.11. The molecule has 0 aliphatic carbocycles. The van der Waals surface area contributed by atoms with Crippen LogP contribution < -0.4 is 10.2 Å². The first-order chi connectivity index (χ1) is 11.9. The highest BCUT2D eigenvalue weighted by molar-refractivity contribution is 7.07. The number of aryl methyl sites for hydroxylation is 1. The second-order valence-electron chi connectivity index (χ2n) is 5.36. The molecule has 1 amide bonds. The van der Waals surface area contributed by atoms with Crippen LogP contribution >= 0.6 is 11.3 Å². The first kappa shape index (κ1) is 18.4. The molecule has 7 nitrogen and oxygen atoms in total. The van der Waals surface area contributed by atoms with Gasteiger partial charge in [-0.25, -0.2) is 0 Å². The number of nitrogens with one attached hydrogen (secondary N) is 1. The van der Waals surface area contributed by atoms with Crippen LogP contribution in [-0.4, -0.2) is 22.5 Å². The summed E-state index contributed by atoms with van der Waals surface area (Å²) in [5.41, 5.74) is 1.65. The first-order valence-electron chi connectivity index (χ1n) is 7.56. The lowest BCUT2D eigenvalue weighted by Crippen LogP contribution is -2.30. The Hall–Kier alpha value is -2.92. The second-order valence-corrected chi connectivity index (χ2v) is 6.18. The summed E-state index contributed by atoms with van der Waals surface area (Å²) in [7, 11) is 0. The van der Waals surface area contributed by atoms with Crippen LogP contribution in [0.25, 0.3) is 0 Å². The zero-order valence-corrected chi connectivity index (χ0v) is 14.6. The van der Waals surface area contributed by atoms with E-state index in [9.17, 15) is 14.4 Å². The van der Waals surface area contributed by atoms with Crippen molar-refractivity contribution in [1.82, 2.24) is 4.57 Å². The van der Waals surface area contributed by atoms with Gasteiger partial charge < -0.3 is 14.6 Å². The molecule has 0 aliphatic rings. The number of nitriles is 1. The lowest BCUT2D eigenvalue weighted by molar-refractivity contribution is -0.153. The van der Waals surface area contributed by atoms with E-state index in [0.29, 0.717) is 11.3 Å². The molecule has 0 fully saturated rings. The summed E-state index contributed by atoms with van der Waals surface area (Å²) in [5, 5.41) is 13.2. The van der Waals surface area contributed by atoms with E-state index in [1.165, 1.54) is 17.6 Å². The Morgan fingerprint density at radius 1 is 1.44 bits per heavy atom. The van der Waals surface area contributed by atoms with E-state index >= 15 is 0 Å². The first-order valence-corrected chi connectivity index (χ1v) is 8.44. The molecule has 0 unspecified atom stereocenters. The summed E-state index contributed by atoms with van der Waals surface area (Å²) < 4.78 is 6.58. The van der Waals surface area contributed by atoms with Crippen molar-refractivity contribution in [1.29, 1.82) is 5.26 Å². The molecule has 25 heavy (non-hydrogen) atoms. The average Bonchev–Trinajstić information content (AvgIpc) is 2.91. The van der Waals surface area contributed by atoms with Gasteiger partial charge in [-0.05, 0) is 32.0 Å². The summed E-state index contributed by atoms with van der Waals surface area (Å²) >= 11 is 1.07. The Morgan fingerprint density at radius 2 is 2.20 bits per heavy atom. The topological polar surface area (TPSA) is 101 Å². The molecule has 0 aliphatic heterocycles. The fourth-order valence-corrected chi connectivity index (χ4v) is 2.86. The van der Waals surface area contributed by atoms with Crippen molar-refractivity contribution in [3.05, 3.63) is 50.6 Å². The molecule has 0 radical (unpaired) electrons. The van der Waals surface area contributed by atoms with Gasteiger partial charge in [-0.1, -0.05) is 17.4 Å². The third-order valence-electron chi connectivity index (χ3n) is 3.45. The number of hydrogen-bond donors (Lipinski definition) is 1. The van der Waals surface area contributed by atoms with Gasteiger partial charge in [0, 0.05) is 23.3 Å². The molecule has 1 heterocycles. The maximum Gasteiger partial charge on any atom is 0.308 e. The minimum atomic E-state index is -0.987. The molecule has 1 atom stereocenters. The Balaban J connectivity index is 1.86.